The molecule has 1 aliphatic rings. The Labute approximate surface area is 152 Å². The second-order valence-electron chi connectivity index (χ2n) is 6.76. The number of sulfonamides is 1. The standard InChI is InChI=1S/C20H21FN2O2S/c21-16-8-9-19-17(13-16)18-14-23(11-10-20(18)22-19)26(24,25)12-4-7-15-5-2-1-3-6-15/h1-3,5-6,8-9,13,22H,4,7,10-12,14H2. The van der Waals surface area contributed by atoms with Gasteiger partial charge in [0.2, 0.25) is 10.0 Å². The van der Waals surface area contributed by atoms with Crippen LogP contribution >= 0.6 is 0 Å². The molecule has 0 bridgehead atoms. The molecule has 3 aromatic rings. The third-order valence-corrected chi connectivity index (χ3v) is 6.91. The van der Waals surface area contributed by atoms with Crippen LogP contribution in [0.25, 0.3) is 10.9 Å². The van der Waals surface area contributed by atoms with Crippen molar-refractivity contribution in [1.82, 2.24) is 9.29 Å². The van der Waals surface area contributed by atoms with Crippen LogP contribution in [0.4, 0.5) is 4.39 Å². The monoisotopic (exact) mass is 372 g/mol. The van der Waals surface area contributed by atoms with Crippen molar-refractivity contribution in [2.45, 2.75) is 25.8 Å². The van der Waals surface area contributed by atoms with E-state index in [0.717, 1.165) is 34.1 Å². The van der Waals surface area contributed by atoms with Crippen LogP contribution in [-0.4, -0.2) is 30.0 Å². The molecule has 1 aromatic heterocycles. The van der Waals surface area contributed by atoms with Crippen molar-refractivity contribution >= 4 is 20.9 Å². The Hall–Kier alpha value is -2.18. The minimum atomic E-state index is -3.33. The maximum atomic E-state index is 13.6. The number of aryl methyl sites for hydroxylation is 1. The van der Waals surface area contributed by atoms with Gasteiger partial charge in [0.15, 0.2) is 0 Å². The molecule has 2 heterocycles. The van der Waals surface area contributed by atoms with E-state index in [1.807, 2.05) is 30.3 Å². The van der Waals surface area contributed by atoms with Crippen LogP contribution in [0, 0.1) is 5.82 Å². The number of nitrogens with one attached hydrogen (secondary N) is 1. The topological polar surface area (TPSA) is 53.2 Å². The fourth-order valence-electron chi connectivity index (χ4n) is 3.63. The Morgan fingerprint density at radius 1 is 1.12 bits per heavy atom. The molecule has 0 aliphatic carbocycles. The number of aromatic amines is 1. The van der Waals surface area contributed by atoms with Gasteiger partial charge in [-0.2, -0.15) is 4.31 Å². The lowest BCUT2D eigenvalue weighted by Crippen LogP contribution is -2.37. The summed E-state index contributed by atoms with van der Waals surface area (Å²) >= 11 is 0. The Balaban J connectivity index is 1.48. The third-order valence-electron chi connectivity index (χ3n) is 5.01. The molecule has 4 nitrogen and oxygen atoms in total. The van der Waals surface area contributed by atoms with Crippen molar-refractivity contribution in [3.63, 3.8) is 0 Å². The first-order valence-electron chi connectivity index (χ1n) is 8.84. The van der Waals surface area contributed by atoms with Crippen molar-refractivity contribution in [2.75, 3.05) is 12.3 Å². The minimum absolute atomic E-state index is 0.133. The van der Waals surface area contributed by atoms with Crippen molar-refractivity contribution in [1.29, 1.82) is 0 Å². The highest BCUT2D eigenvalue weighted by atomic mass is 32.2. The Kier molecular flexibility index (Phi) is 4.54. The molecule has 26 heavy (non-hydrogen) atoms. The number of hydrogen-bond acceptors (Lipinski definition) is 2. The zero-order chi connectivity index (χ0) is 18.1. The summed E-state index contributed by atoms with van der Waals surface area (Å²) in [6.45, 7) is 0.780. The normalized spacial score (nSPS) is 15.3. The fraction of sp³-hybridized carbons (Fsp3) is 0.300. The molecule has 0 spiro atoms. The van der Waals surface area contributed by atoms with Crippen molar-refractivity contribution in [2.24, 2.45) is 0 Å². The predicted octanol–water partition coefficient (Wildman–Crippen LogP) is 3.63. The second-order valence-corrected chi connectivity index (χ2v) is 8.85. The highest BCUT2D eigenvalue weighted by Gasteiger charge is 2.28. The number of benzene rings is 2. The summed E-state index contributed by atoms with van der Waals surface area (Å²) in [5, 5.41) is 0.782. The highest BCUT2D eigenvalue weighted by molar-refractivity contribution is 7.89. The highest BCUT2D eigenvalue weighted by Crippen LogP contribution is 2.29. The molecule has 0 atom stereocenters. The van der Waals surface area contributed by atoms with Gasteiger partial charge in [0.05, 0.1) is 5.75 Å². The van der Waals surface area contributed by atoms with Crippen LogP contribution in [0.1, 0.15) is 23.2 Å². The van der Waals surface area contributed by atoms with E-state index < -0.39 is 10.0 Å². The van der Waals surface area contributed by atoms with Gasteiger partial charge in [0, 0.05) is 36.1 Å². The van der Waals surface area contributed by atoms with Gasteiger partial charge in [-0.3, -0.25) is 0 Å². The van der Waals surface area contributed by atoms with Crippen LogP contribution in [-0.2, 0) is 29.4 Å². The number of fused-ring (bicyclic) bond motifs is 3. The van der Waals surface area contributed by atoms with Gasteiger partial charge < -0.3 is 4.98 Å². The van der Waals surface area contributed by atoms with Crippen LogP contribution in [0.15, 0.2) is 48.5 Å². The lowest BCUT2D eigenvalue weighted by atomic mass is 10.1. The van der Waals surface area contributed by atoms with Crippen LogP contribution in [0.5, 0.6) is 0 Å². The Bertz CT molecular complexity index is 1030. The molecule has 6 heteroatoms. The number of nitrogens with zero attached hydrogens (tertiary/aromatic N) is 1. The number of rotatable bonds is 5. The number of halogens is 1. The molecule has 1 N–H and O–H groups in total. The molecule has 0 radical (unpaired) electrons. The third kappa shape index (κ3) is 3.39. The summed E-state index contributed by atoms with van der Waals surface area (Å²) < 4.78 is 40.6. The van der Waals surface area contributed by atoms with Gasteiger partial charge in [0.25, 0.3) is 0 Å². The first-order chi connectivity index (χ1) is 12.5. The van der Waals surface area contributed by atoms with Gasteiger partial charge in [-0.15, -0.1) is 0 Å². The lowest BCUT2D eigenvalue weighted by Gasteiger charge is -2.26. The molecular weight excluding hydrogens is 351 g/mol. The van der Waals surface area contributed by atoms with Gasteiger partial charge in [-0.1, -0.05) is 30.3 Å². The summed E-state index contributed by atoms with van der Waals surface area (Å²) in [5.41, 5.74) is 3.93. The smallest absolute Gasteiger partial charge is 0.214 e. The molecule has 136 valence electrons. The van der Waals surface area contributed by atoms with E-state index in [1.54, 1.807) is 10.4 Å². The zero-order valence-electron chi connectivity index (χ0n) is 14.4. The first kappa shape index (κ1) is 17.2. The number of H-pyrrole nitrogens is 1. The van der Waals surface area contributed by atoms with Crippen LogP contribution < -0.4 is 0 Å². The van der Waals surface area contributed by atoms with E-state index in [2.05, 4.69) is 4.98 Å². The summed E-state index contributed by atoms with van der Waals surface area (Å²) in [5.74, 6) is -0.171. The summed E-state index contributed by atoms with van der Waals surface area (Å²) in [6, 6.07) is 14.5. The molecule has 2 aromatic carbocycles. The maximum Gasteiger partial charge on any atom is 0.214 e. The summed E-state index contributed by atoms with van der Waals surface area (Å²) in [7, 11) is -3.33. The van der Waals surface area contributed by atoms with Crippen LogP contribution in [0.2, 0.25) is 0 Å². The Morgan fingerprint density at radius 2 is 1.92 bits per heavy atom. The van der Waals surface area contributed by atoms with Crippen molar-refractivity contribution < 1.29 is 12.8 Å². The molecule has 0 saturated carbocycles. The van der Waals surface area contributed by atoms with E-state index >= 15 is 0 Å². The Morgan fingerprint density at radius 3 is 2.73 bits per heavy atom. The van der Waals surface area contributed by atoms with Gasteiger partial charge >= 0.3 is 0 Å². The average Bonchev–Trinajstić information content (AvgIpc) is 2.99. The van der Waals surface area contributed by atoms with Gasteiger partial charge in [-0.05, 0) is 42.2 Å². The average molecular weight is 372 g/mol. The quantitative estimate of drug-likeness (QED) is 0.744. The largest absolute Gasteiger partial charge is 0.358 e. The lowest BCUT2D eigenvalue weighted by molar-refractivity contribution is 0.390. The van der Waals surface area contributed by atoms with E-state index in [4.69, 9.17) is 0 Å². The molecule has 4 rings (SSSR count). The van der Waals surface area contributed by atoms with E-state index in [0.29, 0.717) is 25.9 Å². The molecule has 0 fully saturated rings. The number of aromatic nitrogens is 1. The molecule has 0 unspecified atom stereocenters. The molecule has 0 amide bonds. The van der Waals surface area contributed by atoms with E-state index in [-0.39, 0.29) is 11.6 Å². The molecule has 1 aliphatic heterocycles. The zero-order valence-corrected chi connectivity index (χ0v) is 15.2. The predicted molar refractivity (Wildman–Crippen MR) is 101 cm³/mol. The SMILES string of the molecule is O=S(=O)(CCCc1ccccc1)N1CCc2[nH]c3ccc(F)cc3c2C1. The number of hydrogen-bond donors (Lipinski definition) is 1. The van der Waals surface area contributed by atoms with Crippen LogP contribution in [0.3, 0.4) is 0 Å². The molecule has 0 saturated heterocycles. The summed E-state index contributed by atoms with van der Waals surface area (Å²) in [4.78, 5) is 3.29. The fourth-order valence-corrected chi connectivity index (χ4v) is 5.09. The van der Waals surface area contributed by atoms with Gasteiger partial charge in [0.1, 0.15) is 5.82 Å². The minimum Gasteiger partial charge on any atom is -0.358 e. The first-order valence-corrected chi connectivity index (χ1v) is 10.4. The van der Waals surface area contributed by atoms with Crippen molar-refractivity contribution in [3.05, 3.63) is 71.2 Å². The van der Waals surface area contributed by atoms with E-state index in [9.17, 15) is 12.8 Å². The maximum absolute atomic E-state index is 13.6. The van der Waals surface area contributed by atoms with E-state index in [1.165, 1.54) is 12.1 Å². The summed E-state index contributed by atoms with van der Waals surface area (Å²) in [6.07, 6.45) is 1.97. The second kappa shape index (κ2) is 6.85. The molecular formula is C20H21FN2O2S. The van der Waals surface area contributed by atoms with Crippen molar-refractivity contribution in [3.8, 4) is 0 Å². The van der Waals surface area contributed by atoms with Gasteiger partial charge in [-0.25, -0.2) is 12.8 Å².